The molecule has 2 heterocycles. The number of benzene rings is 1. The summed E-state index contributed by atoms with van der Waals surface area (Å²) >= 11 is 0. The van der Waals surface area contributed by atoms with E-state index < -0.39 is 5.60 Å². The van der Waals surface area contributed by atoms with Crippen molar-refractivity contribution >= 4 is 17.0 Å². The Balaban J connectivity index is 1.74. The number of ether oxygens (including phenoxy) is 1. The standard InChI is InChI=1S/C18H25N3O2/c1-12(2)13-6-7-14-9-19-21(16(14)8-13)15-10-20(11-15)17(22)23-18(3,4)5/h6-9,12,15H,10-11H2,1-5H3. The van der Waals surface area contributed by atoms with E-state index >= 15 is 0 Å². The lowest BCUT2D eigenvalue weighted by atomic mass is 10.0. The van der Waals surface area contributed by atoms with E-state index in [0.717, 1.165) is 10.9 Å². The van der Waals surface area contributed by atoms with Gasteiger partial charge in [-0.05, 0) is 38.3 Å². The van der Waals surface area contributed by atoms with Crippen LogP contribution < -0.4 is 0 Å². The van der Waals surface area contributed by atoms with Crippen molar-refractivity contribution in [1.82, 2.24) is 14.7 Å². The van der Waals surface area contributed by atoms with Gasteiger partial charge in [-0.15, -0.1) is 0 Å². The monoisotopic (exact) mass is 315 g/mol. The molecular formula is C18H25N3O2. The molecule has 0 spiro atoms. The molecule has 5 nitrogen and oxygen atoms in total. The van der Waals surface area contributed by atoms with Crippen LogP contribution in [0.2, 0.25) is 0 Å². The Morgan fingerprint density at radius 2 is 2.00 bits per heavy atom. The zero-order valence-electron chi connectivity index (χ0n) is 14.5. The zero-order valence-corrected chi connectivity index (χ0v) is 14.5. The van der Waals surface area contributed by atoms with Gasteiger partial charge in [0.1, 0.15) is 5.60 Å². The van der Waals surface area contributed by atoms with Gasteiger partial charge in [-0.1, -0.05) is 26.0 Å². The highest BCUT2D eigenvalue weighted by Gasteiger charge is 2.35. The zero-order chi connectivity index (χ0) is 16.8. The molecule has 0 radical (unpaired) electrons. The first kappa shape index (κ1) is 15.8. The Hall–Kier alpha value is -2.04. The number of hydrogen-bond donors (Lipinski definition) is 0. The molecule has 1 aromatic carbocycles. The molecule has 1 fully saturated rings. The molecule has 2 aromatic rings. The van der Waals surface area contributed by atoms with Gasteiger partial charge in [0.2, 0.25) is 0 Å². The molecule has 0 saturated carbocycles. The number of fused-ring (bicyclic) bond motifs is 1. The second kappa shape index (κ2) is 5.55. The van der Waals surface area contributed by atoms with Crippen LogP contribution in [0.3, 0.4) is 0 Å². The Morgan fingerprint density at radius 1 is 1.30 bits per heavy atom. The summed E-state index contributed by atoms with van der Waals surface area (Å²) in [7, 11) is 0. The molecule has 3 rings (SSSR count). The van der Waals surface area contributed by atoms with E-state index in [1.165, 1.54) is 5.56 Å². The number of amides is 1. The number of aromatic nitrogens is 2. The Kier molecular flexibility index (Phi) is 3.82. The average Bonchev–Trinajstić information content (AvgIpc) is 2.78. The number of likely N-dealkylation sites (tertiary alicyclic amines) is 1. The van der Waals surface area contributed by atoms with E-state index in [-0.39, 0.29) is 12.1 Å². The third-order valence-corrected chi connectivity index (χ3v) is 4.15. The first-order valence-corrected chi connectivity index (χ1v) is 8.20. The van der Waals surface area contributed by atoms with Crippen LogP contribution in [0.25, 0.3) is 10.9 Å². The molecular weight excluding hydrogens is 290 g/mol. The smallest absolute Gasteiger partial charge is 0.410 e. The number of carbonyl (C=O) groups is 1. The Bertz CT molecular complexity index is 721. The van der Waals surface area contributed by atoms with E-state index in [9.17, 15) is 4.79 Å². The molecule has 0 unspecified atom stereocenters. The number of nitrogens with zero attached hydrogens (tertiary/aromatic N) is 3. The van der Waals surface area contributed by atoms with Crippen molar-refractivity contribution in [2.75, 3.05) is 13.1 Å². The molecule has 0 aliphatic carbocycles. The summed E-state index contributed by atoms with van der Waals surface area (Å²) in [4.78, 5) is 13.8. The van der Waals surface area contributed by atoms with Crippen LogP contribution in [0, 0.1) is 0 Å². The van der Waals surface area contributed by atoms with Gasteiger partial charge in [-0.25, -0.2) is 4.79 Å². The van der Waals surface area contributed by atoms with E-state index in [1.54, 1.807) is 4.90 Å². The van der Waals surface area contributed by atoms with Gasteiger partial charge >= 0.3 is 6.09 Å². The van der Waals surface area contributed by atoms with Crippen LogP contribution in [0.5, 0.6) is 0 Å². The summed E-state index contributed by atoms with van der Waals surface area (Å²) in [5.74, 6) is 0.488. The fourth-order valence-corrected chi connectivity index (χ4v) is 2.79. The maximum atomic E-state index is 12.0. The fraction of sp³-hybridized carbons (Fsp3) is 0.556. The number of carbonyl (C=O) groups excluding carboxylic acids is 1. The second-order valence-corrected chi connectivity index (χ2v) is 7.60. The summed E-state index contributed by atoms with van der Waals surface area (Å²) in [6, 6.07) is 6.72. The topological polar surface area (TPSA) is 47.4 Å². The summed E-state index contributed by atoms with van der Waals surface area (Å²) in [5.41, 5.74) is 2.00. The first-order chi connectivity index (χ1) is 10.7. The van der Waals surface area contributed by atoms with Crippen molar-refractivity contribution in [2.45, 2.75) is 52.2 Å². The number of rotatable bonds is 2. The van der Waals surface area contributed by atoms with Crippen LogP contribution in [0.15, 0.2) is 24.4 Å². The van der Waals surface area contributed by atoms with Crippen molar-refractivity contribution in [3.05, 3.63) is 30.0 Å². The Labute approximate surface area is 137 Å². The Morgan fingerprint density at radius 3 is 2.61 bits per heavy atom. The van der Waals surface area contributed by atoms with Crippen LogP contribution in [0.4, 0.5) is 4.79 Å². The average molecular weight is 315 g/mol. The first-order valence-electron chi connectivity index (χ1n) is 8.20. The molecule has 0 N–H and O–H groups in total. The third kappa shape index (κ3) is 3.19. The minimum absolute atomic E-state index is 0.224. The largest absolute Gasteiger partial charge is 0.444 e. The highest BCUT2D eigenvalue weighted by atomic mass is 16.6. The molecule has 0 atom stereocenters. The third-order valence-electron chi connectivity index (χ3n) is 4.15. The van der Waals surface area contributed by atoms with E-state index in [1.807, 2.05) is 31.6 Å². The van der Waals surface area contributed by atoms with Crippen molar-refractivity contribution in [3.8, 4) is 0 Å². The highest BCUT2D eigenvalue weighted by Crippen LogP contribution is 2.28. The molecule has 1 amide bonds. The van der Waals surface area contributed by atoms with Gasteiger partial charge in [0.25, 0.3) is 0 Å². The minimum atomic E-state index is -0.452. The van der Waals surface area contributed by atoms with E-state index in [2.05, 4.69) is 37.1 Å². The quantitative estimate of drug-likeness (QED) is 0.843. The maximum Gasteiger partial charge on any atom is 0.410 e. The molecule has 5 heteroatoms. The summed E-state index contributed by atoms with van der Waals surface area (Å²) in [5, 5.41) is 5.67. The van der Waals surface area contributed by atoms with Crippen LogP contribution in [0.1, 0.15) is 52.1 Å². The predicted octanol–water partition coefficient (Wildman–Crippen LogP) is 3.95. The van der Waals surface area contributed by atoms with Gasteiger partial charge < -0.3 is 9.64 Å². The van der Waals surface area contributed by atoms with E-state index in [0.29, 0.717) is 19.0 Å². The molecule has 1 aromatic heterocycles. The summed E-state index contributed by atoms with van der Waals surface area (Å²) in [6.45, 7) is 11.3. The lowest BCUT2D eigenvalue weighted by molar-refractivity contribution is 0.000159. The van der Waals surface area contributed by atoms with Crippen molar-refractivity contribution in [1.29, 1.82) is 0 Å². The lowest BCUT2D eigenvalue weighted by Gasteiger charge is -2.39. The summed E-state index contributed by atoms with van der Waals surface area (Å²) < 4.78 is 7.45. The van der Waals surface area contributed by atoms with Gasteiger partial charge in [-0.2, -0.15) is 5.10 Å². The molecule has 1 aliphatic heterocycles. The van der Waals surface area contributed by atoms with E-state index in [4.69, 9.17) is 4.74 Å². The van der Waals surface area contributed by atoms with Gasteiger partial charge in [0.15, 0.2) is 0 Å². The molecule has 0 bridgehead atoms. The second-order valence-electron chi connectivity index (χ2n) is 7.60. The number of hydrogen-bond acceptors (Lipinski definition) is 3. The fourth-order valence-electron chi connectivity index (χ4n) is 2.79. The SMILES string of the molecule is CC(C)c1ccc2cnn(C3CN(C(=O)OC(C)(C)C)C3)c2c1. The molecule has 23 heavy (non-hydrogen) atoms. The van der Waals surface area contributed by atoms with Crippen LogP contribution in [-0.4, -0.2) is 39.5 Å². The van der Waals surface area contributed by atoms with Crippen molar-refractivity contribution in [2.24, 2.45) is 0 Å². The highest BCUT2D eigenvalue weighted by molar-refractivity contribution is 5.80. The van der Waals surface area contributed by atoms with Crippen LogP contribution >= 0.6 is 0 Å². The van der Waals surface area contributed by atoms with Gasteiger partial charge in [0.05, 0.1) is 17.8 Å². The normalized spacial score (nSPS) is 16.0. The predicted molar refractivity (Wildman–Crippen MR) is 90.7 cm³/mol. The summed E-state index contributed by atoms with van der Waals surface area (Å²) in [6.07, 6.45) is 1.66. The van der Waals surface area contributed by atoms with Crippen molar-refractivity contribution in [3.63, 3.8) is 0 Å². The molecule has 124 valence electrons. The lowest BCUT2D eigenvalue weighted by Crippen LogP contribution is -2.52. The van der Waals surface area contributed by atoms with Crippen LogP contribution in [-0.2, 0) is 4.74 Å². The van der Waals surface area contributed by atoms with Crippen molar-refractivity contribution < 1.29 is 9.53 Å². The van der Waals surface area contributed by atoms with Gasteiger partial charge in [0, 0.05) is 18.5 Å². The molecule has 1 aliphatic rings. The molecule has 1 saturated heterocycles. The minimum Gasteiger partial charge on any atom is -0.444 e. The maximum absolute atomic E-state index is 12.0. The van der Waals surface area contributed by atoms with Gasteiger partial charge in [-0.3, -0.25) is 4.68 Å².